The first-order valence-electron chi connectivity index (χ1n) is 7.49. The second-order valence-corrected chi connectivity index (χ2v) is 5.71. The molecule has 0 amide bonds. The van der Waals surface area contributed by atoms with E-state index in [1.807, 2.05) is 30.5 Å². The second kappa shape index (κ2) is 5.01. The molecule has 0 saturated heterocycles. The van der Waals surface area contributed by atoms with Crippen molar-refractivity contribution >= 4 is 11.0 Å². The van der Waals surface area contributed by atoms with Crippen molar-refractivity contribution in [1.29, 1.82) is 0 Å². The molecule has 0 fully saturated rings. The Bertz CT molecular complexity index is 744. The third-order valence-corrected chi connectivity index (χ3v) is 4.28. The van der Waals surface area contributed by atoms with Crippen molar-refractivity contribution in [2.45, 2.75) is 31.8 Å². The standard InChI is InChI=1S/C18H18N2O/c1-12(17-11-14-5-2-3-7-16(14)21-17)20-15-9-8-13-6-4-10-19-18(13)15/h2-7,10-12,15,20H,8-9H2,1H3. The van der Waals surface area contributed by atoms with Crippen molar-refractivity contribution in [2.24, 2.45) is 0 Å². The van der Waals surface area contributed by atoms with Gasteiger partial charge in [-0.05, 0) is 43.5 Å². The van der Waals surface area contributed by atoms with Crippen LogP contribution in [0.15, 0.2) is 53.1 Å². The molecule has 0 aliphatic heterocycles. The number of nitrogens with one attached hydrogen (secondary N) is 1. The zero-order valence-electron chi connectivity index (χ0n) is 12.0. The topological polar surface area (TPSA) is 38.1 Å². The van der Waals surface area contributed by atoms with Gasteiger partial charge in [0.1, 0.15) is 11.3 Å². The Kier molecular flexibility index (Phi) is 3.00. The fraction of sp³-hybridized carbons (Fsp3) is 0.278. The molecule has 0 saturated carbocycles. The smallest absolute Gasteiger partial charge is 0.134 e. The fourth-order valence-electron chi connectivity index (χ4n) is 3.17. The first kappa shape index (κ1) is 12.6. The summed E-state index contributed by atoms with van der Waals surface area (Å²) in [6, 6.07) is 15.0. The number of furan rings is 1. The van der Waals surface area contributed by atoms with Crippen LogP contribution in [0.5, 0.6) is 0 Å². The minimum absolute atomic E-state index is 0.176. The van der Waals surface area contributed by atoms with Gasteiger partial charge >= 0.3 is 0 Å². The molecule has 0 spiro atoms. The first-order chi connectivity index (χ1) is 10.3. The summed E-state index contributed by atoms with van der Waals surface area (Å²) in [5.74, 6) is 0.987. The number of benzene rings is 1. The molecule has 1 aliphatic carbocycles. The van der Waals surface area contributed by atoms with Crippen LogP contribution in [-0.2, 0) is 6.42 Å². The number of rotatable bonds is 3. The molecule has 21 heavy (non-hydrogen) atoms. The Labute approximate surface area is 124 Å². The lowest BCUT2D eigenvalue weighted by atomic mass is 10.1. The molecule has 3 heteroatoms. The van der Waals surface area contributed by atoms with Crippen LogP contribution in [0.2, 0.25) is 0 Å². The Morgan fingerprint density at radius 3 is 3.05 bits per heavy atom. The van der Waals surface area contributed by atoms with E-state index >= 15 is 0 Å². The van der Waals surface area contributed by atoms with Crippen molar-refractivity contribution in [1.82, 2.24) is 10.3 Å². The number of aryl methyl sites for hydroxylation is 1. The van der Waals surface area contributed by atoms with E-state index in [1.54, 1.807) is 0 Å². The van der Waals surface area contributed by atoms with Crippen LogP contribution in [0.1, 0.15) is 42.4 Å². The highest BCUT2D eigenvalue weighted by Gasteiger charge is 2.25. The number of hydrogen-bond donors (Lipinski definition) is 1. The highest BCUT2D eigenvalue weighted by atomic mass is 16.3. The quantitative estimate of drug-likeness (QED) is 0.781. The summed E-state index contributed by atoms with van der Waals surface area (Å²) in [5, 5.41) is 4.81. The summed E-state index contributed by atoms with van der Waals surface area (Å²) in [7, 11) is 0. The van der Waals surface area contributed by atoms with E-state index < -0.39 is 0 Å². The van der Waals surface area contributed by atoms with Crippen molar-refractivity contribution in [3.05, 3.63) is 65.7 Å². The molecule has 0 radical (unpaired) electrons. The van der Waals surface area contributed by atoms with E-state index in [4.69, 9.17) is 4.42 Å². The Balaban J connectivity index is 1.57. The highest BCUT2D eigenvalue weighted by molar-refractivity contribution is 5.77. The molecule has 106 valence electrons. The lowest BCUT2D eigenvalue weighted by Gasteiger charge is -2.17. The molecule has 2 atom stereocenters. The molecule has 1 aliphatic rings. The van der Waals surface area contributed by atoms with Crippen molar-refractivity contribution in [2.75, 3.05) is 0 Å². The molecular formula is C18H18N2O. The van der Waals surface area contributed by atoms with E-state index in [0.29, 0.717) is 6.04 Å². The maximum atomic E-state index is 5.95. The summed E-state index contributed by atoms with van der Waals surface area (Å²) >= 11 is 0. The molecule has 0 bridgehead atoms. The van der Waals surface area contributed by atoms with Gasteiger partial charge in [0.15, 0.2) is 0 Å². The molecule has 1 aromatic carbocycles. The average molecular weight is 278 g/mol. The summed E-state index contributed by atoms with van der Waals surface area (Å²) < 4.78 is 5.95. The normalized spacial score (nSPS) is 18.8. The van der Waals surface area contributed by atoms with Crippen LogP contribution >= 0.6 is 0 Å². The predicted molar refractivity (Wildman–Crippen MR) is 83.1 cm³/mol. The first-order valence-corrected chi connectivity index (χ1v) is 7.49. The predicted octanol–water partition coefficient (Wildman–Crippen LogP) is 4.17. The van der Waals surface area contributed by atoms with Gasteiger partial charge in [-0.3, -0.25) is 10.3 Å². The Morgan fingerprint density at radius 2 is 2.14 bits per heavy atom. The van der Waals surface area contributed by atoms with Gasteiger partial charge in [-0.2, -0.15) is 0 Å². The molecule has 1 N–H and O–H groups in total. The van der Waals surface area contributed by atoms with Gasteiger partial charge in [0.05, 0.1) is 17.8 Å². The van der Waals surface area contributed by atoms with Gasteiger partial charge in [-0.15, -0.1) is 0 Å². The van der Waals surface area contributed by atoms with E-state index in [0.717, 1.165) is 29.6 Å². The van der Waals surface area contributed by atoms with Crippen molar-refractivity contribution in [3.8, 4) is 0 Å². The summed E-state index contributed by atoms with van der Waals surface area (Å²) in [6.45, 7) is 2.15. The van der Waals surface area contributed by atoms with Gasteiger partial charge in [0, 0.05) is 11.6 Å². The van der Waals surface area contributed by atoms with Crippen LogP contribution < -0.4 is 5.32 Å². The minimum Gasteiger partial charge on any atom is -0.459 e. The fourth-order valence-corrected chi connectivity index (χ4v) is 3.17. The minimum atomic E-state index is 0.176. The van der Waals surface area contributed by atoms with Gasteiger partial charge in [0.25, 0.3) is 0 Å². The monoisotopic (exact) mass is 278 g/mol. The molecule has 3 aromatic rings. The lowest BCUT2D eigenvalue weighted by molar-refractivity contribution is 0.399. The summed E-state index contributed by atoms with van der Waals surface area (Å²) in [6.07, 6.45) is 4.09. The SMILES string of the molecule is CC(NC1CCc2cccnc21)c1cc2ccccc2o1. The molecule has 4 rings (SSSR count). The number of hydrogen-bond acceptors (Lipinski definition) is 3. The van der Waals surface area contributed by atoms with Gasteiger partial charge in [-0.1, -0.05) is 24.3 Å². The lowest BCUT2D eigenvalue weighted by Crippen LogP contribution is -2.23. The third kappa shape index (κ3) is 2.24. The maximum Gasteiger partial charge on any atom is 0.134 e. The van der Waals surface area contributed by atoms with E-state index in [-0.39, 0.29) is 6.04 Å². The second-order valence-electron chi connectivity index (χ2n) is 5.71. The zero-order valence-corrected chi connectivity index (χ0v) is 12.0. The maximum absolute atomic E-state index is 5.95. The largest absolute Gasteiger partial charge is 0.459 e. The number of pyridine rings is 1. The van der Waals surface area contributed by atoms with E-state index in [2.05, 4.69) is 35.4 Å². The summed E-state index contributed by atoms with van der Waals surface area (Å²) in [4.78, 5) is 4.54. The molecular weight excluding hydrogens is 260 g/mol. The van der Waals surface area contributed by atoms with Crippen molar-refractivity contribution in [3.63, 3.8) is 0 Å². The van der Waals surface area contributed by atoms with Crippen LogP contribution in [0.4, 0.5) is 0 Å². The van der Waals surface area contributed by atoms with E-state index in [9.17, 15) is 0 Å². The van der Waals surface area contributed by atoms with Crippen LogP contribution in [0.3, 0.4) is 0 Å². The van der Waals surface area contributed by atoms with Gasteiger partial charge in [0.2, 0.25) is 0 Å². The van der Waals surface area contributed by atoms with Gasteiger partial charge < -0.3 is 4.42 Å². The Morgan fingerprint density at radius 1 is 1.24 bits per heavy atom. The number of para-hydroxylation sites is 1. The highest BCUT2D eigenvalue weighted by Crippen LogP contribution is 2.32. The summed E-state index contributed by atoms with van der Waals surface area (Å²) in [5.41, 5.74) is 3.51. The molecule has 2 heterocycles. The molecule has 2 unspecified atom stereocenters. The van der Waals surface area contributed by atoms with E-state index in [1.165, 1.54) is 11.3 Å². The average Bonchev–Trinajstić information content (AvgIpc) is 3.11. The van der Waals surface area contributed by atoms with Crippen molar-refractivity contribution < 1.29 is 4.42 Å². The van der Waals surface area contributed by atoms with Crippen LogP contribution in [-0.4, -0.2) is 4.98 Å². The van der Waals surface area contributed by atoms with Crippen LogP contribution in [0.25, 0.3) is 11.0 Å². The number of nitrogens with zero attached hydrogens (tertiary/aromatic N) is 1. The zero-order chi connectivity index (χ0) is 14.2. The Hall–Kier alpha value is -2.13. The van der Waals surface area contributed by atoms with Gasteiger partial charge in [-0.25, -0.2) is 0 Å². The number of fused-ring (bicyclic) bond motifs is 2. The number of aromatic nitrogens is 1. The molecule has 2 aromatic heterocycles. The molecule has 3 nitrogen and oxygen atoms in total. The van der Waals surface area contributed by atoms with Crippen LogP contribution in [0, 0.1) is 0 Å². The third-order valence-electron chi connectivity index (χ3n) is 4.28.